The SMILES string of the molecule is O=CN(CCCCCCCCCCCCCCN(C=O)c1ccc(P(=O)(O)O)cc1)c1ccc(P(=O)(O)O)cc1. The molecule has 0 fully saturated rings. The Morgan fingerprint density at radius 1 is 0.475 bits per heavy atom. The maximum atomic E-state index is 11.4. The Kier molecular flexibility index (Phi) is 14.8. The van der Waals surface area contributed by atoms with Gasteiger partial charge in [0.1, 0.15) is 0 Å². The third-order valence-electron chi connectivity index (χ3n) is 6.84. The van der Waals surface area contributed by atoms with Gasteiger partial charge in [-0.15, -0.1) is 0 Å². The first-order chi connectivity index (χ1) is 19.1. The smallest absolute Gasteiger partial charge is 0.321 e. The molecular formula is C28H42N2O8P2. The van der Waals surface area contributed by atoms with Crippen molar-refractivity contribution in [3.8, 4) is 0 Å². The molecule has 2 amide bonds. The molecule has 40 heavy (non-hydrogen) atoms. The van der Waals surface area contributed by atoms with Crippen molar-refractivity contribution in [2.45, 2.75) is 77.0 Å². The molecule has 0 aromatic heterocycles. The van der Waals surface area contributed by atoms with E-state index in [1.807, 2.05) is 0 Å². The van der Waals surface area contributed by atoms with Gasteiger partial charge in [0.2, 0.25) is 12.8 Å². The second-order valence-corrected chi connectivity index (χ2v) is 13.2. The predicted molar refractivity (Wildman–Crippen MR) is 158 cm³/mol. The third-order valence-corrected chi connectivity index (χ3v) is 8.78. The Hall–Kier alpha value is -2.32. The van der Waals surface area contributed by atoms with Gasteiger partial charge in [0.15, 0.2) is 0 Å². The zero-order chi connectivity index (χ0) is 29.4. The Bertz CT molecular complexity index is 1030. The molecule has 0 atom stereocenters. The lowest BCUT2D eigenvalue weighted by atomic mass is 10.0. The van der Waals surface area contributed by atoms with E-state index >= 15 is 0 Å². The molecule has 222 valence electrons. The summed E-state index contributed by atoms with van der Waals surface area (Å²) in [4.78, 5) is 62.7. The number of rotatable bonds is 21. The lowest BCUT2D eigenvalue weighted by molar-refractivity contribution is -0.108. The fourth-order valence-electron chi connectivity index (χ4n) is 4.49. The summed E-state index contributed by atoms with van der Waals surface area (Å²) >= 11 is 0. The van der Waals surface area contributed by atoms with Crippen LogP contribution >= 0.6 is 15.2 Å². The summed E-state index contributed by atoms with van der Waals surface area (Å²) in [5.41, 5.74) is 1.26. The van der Waals surface area contributed by atoms with Crippen molar-refractivity contribution in [2.24, 2.45) is 0 Å². The first-order valence-corrected chi connectivity index (χ1v) is 17.0. The van der Waals surface area contributed by atoms with Crippen molar-refractivity contribution in [2.75, 3.05) is 22.9 Å². The molecule has 2 aromatic rings. The van der Waals surface area contributed by atoms with Crippen LogP contribution in [0.5, 0.6) is 0 Å². The van der Waals surface area contributed by atoms with E-state index in [0.29, 0.717) is 24.5 Å². The highest BCUT2D eigenvalue weighted by molar-refractivity contribution is 7.60. The summed E-state index contributed by atoms with van der Waals surface area (Å²) in [6, 6.07) is 11.7. The second-order valence-electron chi connectivity index (χ2n) is 9.96. The minimum atomic E-state index is -4.28. The van der Waals surface area contributed by atoms with Crippen molar-refractivity contribution in [3.63, 3.8) is 0 Å². The molecule has 0 radical (unpaired) electrons. The molecule has 0 spiro atoms. The summed E-state index contributed by atoms with van der Waals surface area (Å²) in [6.07, 6.45) is 14.6. The van der Waals surface area contributed by atoms with E-state index in [1.165, 1.54) is 49.9 Å². The van der Waals surface area contributed by atoms with Gasteiger partial charge in [-0.1, -0.05) is 64.2 Å². The summed E-state index contributed by atoms with van der Waals surface area (Å²) < 4.78 is 22.6. The quantitative estimate of drug-likeness (QED) is 0.0926. The van der Waals surface area contributed by atoms with E-state index < -0.39 is 15.2 Å². The number of benzene rings is 2. The van der Waals surface area contributed by atoms with Crippen LogP contribution in [0.15, 0.2) is 48.5 Å². The maximum Gasteiger partial charge on any atom is 0.356 e. The zero-order valence-electron chi connectivity index (χ0n) is 22.9. The fraction of sp³-hybridized carbons (Fsp3) is 0.500. The zero-order valence-corrected chi connectivity index (χ0v) is 24.7. The molecule has 0 aliphatic heterocycles. The van der Waals surface area contributed by atoms with Crippen LogP contribution in [0, 0.1) is 0 Å². The molecule has 0 saturated heterocycles. The normalized spacial score (nSPS) is 11.8. The van der Waals surface area contributed by atoms with Crippen LogP contribution in [0.3, 0.4) is 0 Å². The van der Waals surface area contributed by atoms with Gasteiger partial charge >= 0.3 is 15.2 Å². The molecule has 0 heterocycles. The standard InChI is InChI=1S/C28H42N2O8P2/c31-23-29(25-13-17-27(18-14-25)39(33,34)35)21-11-9-7-5-3-1-2-4-6-8-10-12-22-30(24-32)26-15-19-28(20-16-26)40(36,37)38/h13-20,23-24H,1-12,21-22H2,(H2,33,34,35)(H2,36,37,38). The van der Waals surface area contributed by atoms with Crippen LogP contribution in [0.25, 0.3) is 0 Å². The topological polar surface area (TPSA) is 156 Å². The monoisotopic (exact) mass is 596 g/mol. The van der Waals surface area contributed by atoms with Crippen molar-refractivity contribution < 1.29 is 38.3 Å². The first kappa shape index (κ1) is 33.9. The molecular weight excluding hydrogens is 554 g/mol. The number of hydrogen-bond acceptors (Lipinski definition) is 4. The Labute approximate surface area is 236 Å². The van der Waals surface area contributed by atoms with Crippen LogP contribution in [0.4, 0.5) is 11.4 Å². The van der Waals surface area contributed by atoms with Crippen molar-refractivity contribution in [1.29, 1.82) is 0 Å². The average molecular weight is 597 g/mol. The summed E-state index contributed by atoms with van der Waals surface area (Å²) in [7, 11) is -8.57. The Balaban J connectivity index is 1.46. The number of nitrogens with zero attached hydrogens (tertiary/aromatic N) is 2. The average Bonchev–Trinajstić information content (AvgIpc) is 2.92. The van der Waals surface area contributed by atoms with Crippen LogP contribution in [-0.4, -0.2) is 45.5 Å². The summed E-state index contributed by atoms with van der Waals surface area (Å²) in [5.74, 6) is 0. The largest absolute Gasteiger partial charge is 0.356 e. The van der Waals surface area contributed by atoms with Crippen LogP contribution in [0.1, 0.15) is 77.0 Å². The fourth-order valence-corrected chi connectivity index (χ4v) is 5.57. The first-order valence-electron chi connectivity index (χ1n) is 13.8. The van der Waals surface area contributed by atoms with Crippen LogP contribution in [-0.2, 0) is 18.7 Å². The highest BCUT2D eigenvalue weighted by Crippen LogP contribution is 2.34. The van der Waals surface area contributed by atoms with E-state index in [1.54, 1.807) is 34.1 Å². The third kappa shape index (κ3) is 12.5. The molecule has 0 saturated carbocycles. The molecule has 0 aliphatic rings. The molecule has 0 bridgehead atoms. The van der Waals surface area contributed by atoms with Gasteiger partial charge in [0, 0.05) is 24.5 Å². The minimum Gasteiger partial charge on any atom is -0.321 e. The van der Waals surface area contributed by atoms with Crippen molar-refractivity contribution in [1.82, 2.24) is 0 Å². The van der Waals surface area contributed by atoms with Gasteiger partial charge < -0.3 is 29.4 Å². The summed E-state index contributed by atoms with van der Waals surface area (Å²) in [5, 5.41) is -0.117. The molecule has 4 N–H and O–H groups in total. The van der Waals surface area contributed by atoms with Crippen molar-refractivity contribution >= 4 is 50.0 Å². The van der Waals surface area contributed by atoms with Gasteiger partial charge in [-0.2, -0.15) is 0 Å². The van der Waals surface area contributed by atoms with Gasteiger partial charge in [-0.05, 0) is 61.4 Å². The van der Waals surface area contributed by atoms with Crippen molar-refractivity contribution in [3.05, 3.63) is 48.5 Å². The number of carbonyl (C=O) groups excluding carboxylic acids is 2. The number of unbranched alkanes of at least 4 members (excludes halogenated alkanes) is 11. The van der Waals surface area contributed by atoms with E-state index in [0.717, 1.165) is 64.2 Å². The number of carbonyl (C=O) groups is 2. The number of hydrogen-bond donors (Lipinski definition) is 4. The molecule has 0 aliphatic carbocycles. The predicted octanol–water partition coefficient (Wildman–Crippen LogP) is 4.60. The molecule has 10 nitrogen and oxygen atoms in total. The van der Waals surface area contributed by atoms with Gasteiger partial charge in [0.05, 0.1) is 10.6 Å². The summed E-state index contributed by atoms with van der Waals surface area (Å²) in [6.45, 7) is 1.15. The number of anilines is 2. The maximum absolute atomic E-state index is 11.4. The van der Waals surface area contributed by atoms with Crippen LogP contribution in [0.2, 0.25) is 0 Å². The number of amides is 2. The van der Waals surface area contributed by atoms with E-state index in [-0.39, 0.29) is 10.6 Å². The minimum absolute atomic E-state index is 0.0587. The lowest BCUT2D eigenvalue weighted by Gasteiger charge is -2.18. The van der Waals surface area contributed by atoms with Gasteiger partial charge in [-0.3, -0.25) is 18.7 Å². The van der Waals surface area contributed by atoms with E-state index in [4.69, 9.17) is 0 Å². The highest BCUT2D eigenvalue weighted by atomic mass is 31.2. The van der Waals surface area contributed by atoms with E-state index in [2.05, 4.69) is 0 Å². The Morgan fingerprint density at radius 3 is 0.950 bits per heavy atom. The Morgan fingerprint density at radius 2 is 0.725 bits per heavy atom. The lowest BCUT2D eigenvalue weighted by Crippen LogP contribution is -2.22. The van der Waals surface area contributed by atoms with Crippen LogP contribution < -0.4 is 20.4 Å². The molecule has 0 unspecified atom stereocenters. The molecule has 2 aromatic carbocycles. The van der Waals surface area contributed by atoms with Gasteiger partial charge in [0.25, 0.3) is 0 Å². The van der Waals surface area contributed by atoms with Gasteiger partial charge in [-0.25, -0.2) is 0 Å². The molecule has 12 heteroatoms. The second kappa shape index (κ2) is 17.5. The van der Waals surface area contributed by atoms with E-state index in [9.17, 15) is 38.3 Å². The molecule has 2 rings (SSSR count). The highest BCUT2D eigenvalue weighted by Gasteiger charge is 2.18.